The molecule has 1 heteroatoms. The molecule has 0 heterocycles. The Bertz CT molecular complexity index is 158. The van der Waals surface area contributed by atoms with Gasteiger partial charge in [-0.3, -0.25) is 0 Å². The topological polar surface area (TPSA) is 0 Å². The van der Waals surface area contributed by atoms with Crippen molar-refractivity contribution in [2.45, 2.75) is 39.5 Å². The first-order valence-electron chi connectivity index (χ1n) is 5.11. The lowest BCUT2D eigenvalue weighted by atomic mass is 10.4. The van der Waals surface area contributed by atoms with Gasteiger partial charge >= 0.3 is 0 Å². The highest BCUT2D eigenvalue weighted by atomic mass is 32.2. The molecule has 0 N–H and O–H groups in total. The fourth-order valence-electron chi connectivity index (χ4n) is 0.683. The second-order valence-electron chi connectivity index (χ2n) is 1.75. The van der Waals surface area contributed by atoms with Gasteiger partial charge in [0.15, 0.2) is 0 Å². The summed E-state index contributed by atoms with van der Waals surface area (Å²) >= 11 is 1.88. The molecule has 0 radical (unpaired) electrons. The third-order valence-electron chi connectivity index (χ3n) is 1.05. The molecule has 1 aromatic carbocycles. The highest BCUT2D eigenvalue weighted by molar-refractivity contribution is 7.99. The normalized spacial score (nSPS) is 7.46. The van der Waals surface area contributed by atoms with Gasteiger partial charge in [0.25, 0.3) is 0 Å². The molecular formula is C12H22S. The second kappa shape index (κ2) is 14.1. The molecule has 0 unspecified atom stereocenters. The molecule has 1 rings (SSSR count). The maximum absolute atomic E-state index is 2.16. The van der Waals surface area contributed by atoms with E-state index in [9.17, 15) is 0 Å². The molecule has 76 valence electrons. The van der Waals surface area contributed by atoms with Gasteiger partial charge in [0.2, 0.25) is 0 Å². The number of thioether (sulfide) groups is 1. The molecule has 0 spiro atoms. The van der Waals surface area contributed by atoms with Crippen LogP contribution in [0.15, 0.2) is 35.2 Å². The summed E-state index contributed by atoms with van der Waals surface area (Å²) < 4.78 is 0. The predicted octanol–water partition coefficient (Wildman–Crippen LogP) is 4.85. The number of benzene rings is 1. The van der Waals surface area contributed by atoms with E-state index in [0.29, 0.717) is 0 Å². The lowest BCUT2D eigenvalue weighted by molar-refractivity contribution is 1.43. The monoisotopic (exact) mass is 198 g/mol. The first-order chi connectivity index (χ1) is 6.43. The van der Waals surface area contributed by atoms with E-state index < -0.39 is 0 Å². The second-order valence-corrected chi connectivity index (χ2v) is 3.08. The van der Waals surface area contributed by atoms with Crippen LogP contribution in [0, 0.1) is 0 Å². The average Bonchev–Trinajstić information content (AvgIpc) is 2.26. The van der Waals surface area contributed by atoms with E-state index in [2.05, 4.69) is 31.2 Å². The first-order valence-corrected chi connectivity index (χ1v) is 6.10. The summed E-state index contributed by atoms with van der Waals surface area (Å²) in [4.78, 5) is 1.36. The largest absolute Gasteiger partial charge is 0.126 e. The molecule has 0 aromatic heterocycles. The van der Waals surface area contributed by atoms with Crippen LogP contribution >= 0.6 is 11.8 Å². The van der Waals surface area contributed by atoms with Crippen LogP contribution < -0.4 is 0 Å². The minimum absolute atomic E-state index is 1.16. The summed E-state index contributed by atoms with van der Waals surface area (Å²) in [5, 5.41) is 0. The minimum atomic E-state index is 1.16. The van der Waals surface area contributed by atoms with Crippen molar-refractivity contribution < 1.29 is 0 Å². The van der Waals surface area contributed by atoms with Crippen molar-refractivity contribution in [3.8, 4) is 0 Å². The van der Waals surface area contributed by atoms with E-state index in [4.69, 9.17) is 0 Å². The molecule has 0 nitrogen and oxygen atoms in total. The first kappa shape index (κ1) is 15.1. The average molecular weight is 198 g/mol. The number of hydrogen-bond donors (Lipinski definition) is 0. The van der Waals surface area contributed by atoms with E-state index in [0.717, 1.165) is 5.75 Å². The summed E-state index contributed by atoms with van der Waals surface area (Å²) in [6, 6.07) is 10.4. The molecule has 13 heavy (non-hydrogen) atoms. The summed E-state index contributed by atoms with van der Waals surface area (Å²) in [5.41, 5.74) is 0. The van der Waals surface area contributed by atoms with Gasteiger partial charge in [-0.2, -0.15) is 0 Å². The van der Waals surface area contributed by atoms with Crippen LogP contribution in [0.1, 0.15) is 34.6 Å². The fourth-order valence-corrected chi connectivity index (χ4v) is 1.37. The zero-order chi connectivity index (χ0) is 10.5. The zero-order valence-electron chi connectivity index (χ0n) is 9.50. The Morgan fingerprint density at radius 2 is 1.38 bits per heavy atom. The Kier molecular flexibility index (Phi) is 16.4. The molecule has 0 aliphatic heterocycles. The maximum atomic E-state index is 2.16. The summed E-state index contributed by atoms with van der Waals surface area (Å²) in [5.74, 6) is 1.16. The standard InChI is InChI=1S/C8H10S.2C2H6/c1-2-9-8-6-4-3-5-7-8;2*1-2/h3-7H,2H2,1H3;2*1-2H3. The van der Waals surface area contributed by atoms with Crippen LogP contribution in [0.2, 0.25) is 0 Å². The van der Waals surface area contributed by atoms with E-state index in [-0.39, 0.29) is 0 Å². The van der Waals surface area contributed by atoms with Crippen molar-refractivity contribution in [1.82, 2.24) is 0 Å². The SMILES string of the molecule is CC.CC.CCSc1ccccc1. The smallest absolute Gasteiger partial charge is 0.00718 e. The predicted molar refractivity (Wildman–Crippen MR) is 65.5 cm³/mol. The lowest BCUT2D eigenvalue weighted by Crippen LogP contribution is -1.68. The van der Waals surface area contributed by atoms with Gasteiger partial charge in [-0.1, -0.05) is 52.8 Å². The number of hydrogen-bond acceptors (Lipinski definition) is 1. The molecule has 0 bridgehead atoms. The van der Waals surface area contributed by atoms with Crippen molar-refractivity contribution in [2.24, 2.45) is 0 Å². The molecule has 1 aromatic rings. The van der Waals surface area contributed by atoms with Gasteiger partial charge < -0.3 is 0 Å². The maximum Gasteiger partial charge on any atom is 0.00718 e. The summed E-state index contributed by atoms with van der Waals surface area (Å²) in [7, 11) is 0. The summed E-state index contributed by atoms with van der Waals surface area (Å²) in [6.07, 6.45) is 0. The van der Waals surface area contributed by atoms with Crippen LogP contribution in [0.4, 0.5) is 0 Å². The van der Waals surface area contributed by atoms with Gasteiger partial charge in [-0.15, -0.1) is 11.8 Å². The molecule has 0 aliphatic rings. The van der Waals surface area contributed by atoms with Crippen LogP contribution in [0.5, 0.6) is 0 Å². The third-order valence-corrected chi connectivity index (χ3v) is 1.95. The van der Waals surface area contributed by atoms with Crippen molar-refractivity contribution in [3.63, 3.8) is 0 Å². The van der Waals surface area contributed by atoms with Crippen molar-refractivity contribution in [1.29, 1.82) is 0 Å². The Balaban J connectivity index is 0. The van der Waals surface area contributed by atoms with E-state index in [1.165, 1.54) is 4.90 Å². The van der Waals surface area contributed by atoms with Gasteiger partial charge in [0.05, 0.1) is 0 Å². The molecule has 0 saturated carbocycles. The molecule has 0 atom stereocenters. The molecular weight excluding hydrogens is 176 g/mol. The van der Waals surface area contributed by atoms with Crippen molar-refractivity contribution in [2.75, 3.05) is 5.75 Å². The highest BCUT2D eigenvalue weighted by Crippen LogP contribution is 2.15. The van der Waals surface area contributed by atoms with Gasteiger partial charge in [-0.05, 0) is 17.9 Å². The van der Waals surface area contributed by atoms with Crippen LogP contribution in [-0.4, -0.2) is 5.75 Å². The van der Waals surface area contributed by atoms with E-state index in [1.54, 1.807) is 0 Å². The Morgan fingerprint density at radius 3 is 1.77 bits per heavy atom. The van der Waals surface area contributed by atoms with Crippen LogP contribution in [0.25, 0.3) is 0 Å². The van der Waals surface area contributed by atoms with Crippen LogP contribution in [0.3, 0.4) is 0 Å². The molecule has 0 amide bonds. The van der Waals surface area contributed by atoms with E-state index >= 15 is 0 Å². The van der Waals surface area contributed by atoms with Gasteiger partial charge in [0, 0.05) is 4.90 Å². The minimum Gasteiger partial charge on any atom is -0.126 e. The third kappa shape index (κ3) is 9.48. The van der Waals surface area contributed by atoms with Gasteiger partial charge in [-0.25, -0.2) is 0 Å². The van der Waals surface area contributed by atoms with Crippen LogP contribution in [-0.2, 0) is 0 Å². The van der Waals surface area contributed by atoms with Gasteiger partial charge in [0.1, 0.15) is 0 Å². The molecule has 0 aliphatic carbocycles. The highest BCUT2D eigenvalue weighted by Gasteiger charge is 1.84. The Morgan fingerprint density at radius 1 is 0.923 bits per heavy atom. The zero-order valence-corrected chi connectivity index (χ0v) is 10.3. The van der Waals surface area contributed by atoms with Crippen molar-refractivity contribution in [3.05, 3.63) is 30.3 Å². The number of rotatable bonds is 2. The van der Waals surface area contributed by atoms with Crippen molar-refractivity contribution >= 4 is 11.8 Å². The Hall–Kier alpha value is -0.430. The molecule has 0 saturated heterocycles. The summed E-state index contributed by atoms with van der Waals surface area (Å²) in [6.45, 7) is 10.2. The fraction of sp³-hybridized carbons (Fsp3) is 0.500. The molecule has 0 fully saturated rings. The Labute approximate surface area is 87.8 Å². The van der Waals surface area contributed by atoms with E-state index in [1.807, 2.05) is 45.5 Å². The lowest BCUT2D eigenvalue weighted by Gasteiger charge is -1.93. The quantitative estimate of drug-likeness (QED) is 0.612.